The molecule has 10 nitrogen and oxygen atoms in total. The number of hydrogen-bond acceptors (Lipinski definition) is 6. The van der Waals surface area contributed by atoms with Crippen LogP contribution in [-0.4, -0.2) is 34.6 Å². The third-order valence-electron chi connectivity index (χ3n) is 5.89. The van der Waals surface area contributed by atoms with E-state index in [0.717, 1.165) is 12.8 Å². The topological polar surface area (TPSA) is 143 Å². The number of amides is 1. The number of carbonyl (C=O) groups is 1. The predicted octanol–water partition coefficient (Wildman–Crippen LogP) is 2.94. The van der Waals surface area contributed by atoms with Crippen LogP contribution >= 0.6 is 0 Å². The molecule has 0 unspecified atom stereocenters. The molecule has 35 heavy (non-hydrogen) atoms. The Balaban J connectivity index is 1.77. The van der Waals surface area contributed by atoms with Crippen molar-refractivity contribution in [1.29, 1.82) is 0 Å². The number of pyridine rings is 1. The third kappa shape index (κ3) is 5.29. The second-order valence-electron chi connectivity index (χ2n) is 9.32. The molecule has 3 N–H and O–H groups in total. The zero-order valence-electron chi connectivity index (χ0n) is 20.1. The van der Waals surface area contributed by atoms with Gasteiger partial charge in [0.25, 0.3) is 11.5 Å². The largest absolute Gasteiger partial charge is 0.330 e. The van der Waals surface area contributed by atoms with Crippen molar-refractivity contribution in [2.75, 3.05) is 15.8 Å². The monoisotopic (exact) mass is 499 g/mol. The van der Waals surface area contributed by atoms with Crippen LogP contribution in [0.3, 0.4) is 0 Å². The van der Waals surface area contributed by atoms with Crippen molar-refractivity contribution in [3.8, 4) is 0 Å². The van der Waals surface area contributed by atoms with Gasteiger partial charge >= 0.3 is 5.69 Å². The van der Waals surface area contributed by atoms with Crippen LogP contribution in [-0.2, 0) is 16.6 Å². The molecule has 0 radical (unpaired) electrons. The van der Waals surface area contributed by atoms with Crippen molar-refractivity contribution in [1.82, 2.24) is 14.5 Å². The van der Waals surface area contributed by atoms with E-state index in [1.807, 2.05) is 13.8 Å². The number of rotatable bonds is 8. The molecule has 0 atom stereocenters. The van der Waals surface area contributed by atoms with Gasteiger partial charge in [-0.2, -0.15) is 0 Å². The fourth-order valence-corrected chi connectivity index (χ4v) is 4.60. The molecule has 0 aliphatic heterocycles. The number of sulfonamides is 1. The van der Waals surface area contributed by atoms with Crippen LogP contribution in [0.5, 0.6) is 0 Å². The Morgan fingerprint density at radius 1 is 1.23 bits per heavy atom. The van der Waals surface area contributed by atoms with Crippen LogP contribution in [0.2, 0.25) is 0 Å². The Hall–Kier alpha value is -3.47. The van der Waals surface area contributed by atoms with E-state index in [0.29, 0.717) is 29.2 Å². The quantitative estimate of drug-likeness (QED) is 0.435. The molecule has 1 aliphatic rings. The van der Waals surface area contributed by atoms with E-state index in [1.54, 1.807) is 38.1 Å². The molecule has 1 aromatic carbocycles. The molecule has 2 heterocycles. The highest BCUT2D eigenvalue weighted by atomic mass is 32.2. The molecule has 1 fully saturated rings. The van der Waals surface area contributed by atoms with Gasteiger partial charge in [0.05, 0.1) is 22.4 Å². The molecule has 4 rings (SSSR count). The number of anilines is 2. The molecular formula is C24H29N5O5S. The molecule has 186 valence electrons. The van der Waals surface area contributed by atoms with Crippen molar-refractivity contribution in [2.45, 2.75) is 53.0 Å². The fraction of sp³-hybridized carbons (Fsp3) is 0.417. The second kappa shape index (κ2) is 9.29. The minimum Gasteiger partial charge on any atom is -0.322 e. The maximum atomic E-state index is 13.4. The molecule has 0 bridgehead atoms. The number of aryl methyl sites for hydroxylation is 1. The van der Waals surface area contributed by atoms with Gasteiger partial charge in [-0.15, -0.1) is 0 Å². The maximum Gasteiger partial charge on any atom is 0.330 e. The number of H-pyrrole nitrogens is 1. The predicted molar refractivity (Wildman–Crippen MR) is 136 cm³/mol. The van der Waals surface area contributed by atoms with Gasteiger partial charge in [0.1, 0.15) is 0 Å². The molecule has 1 saturated carbocycles. The van der Waals surface area contributed by atoms with Crippen LogP contribution < -0.4 is 21.3 Å². The van der Waals surface area contributed by atoms with Gasteiger partial charge in [0.15, 0.2) is 5.65 Å². The van der Waals surface area contributed by atoms with Gasteiger partial charge in [0.2, 0.25) is 10.0 Å². The van der Waals surface area contributed by atoms with E-state index >= 15 is 0 Å². The van der Waals surface area contributed by atoms with E-state index in [2.05, 4.69) is 20.0 Å². The number of fused-ring (bicyclic) bond motifs is 1. The fourth-order valence-electron chi connectivity index (χ4n) is 3.89. The van der Waals surface area contributed by atoms with Crippen molar-refractivity contribution >= 4 is 38.3 Å². The number of aromatic amines is 1. The Bertz CT molecular complexity index is 1530. The molecular weight excluding hydrogens is 470 g/mol. The number of aromatic nitrogens is 3. The highest BCUT2D eigenvalue weighted by Gasteiger charge is 2.29. The van der Waals surface area contributed by atoms with Crippen LogP contribution in [0, 0.1) is 12.8 Å². The zero-order valence-corrected chi connectivity index (χ0v) is 21.0. The number of carbonyl (C=O) groups excluding carboxylic acids is 1. The van der Waals surface area contributed by atoms with E-state index in [4.69, 9.17) is 0 Å². The highest BCUT2D eigenvalue weighted by molar-refractivity contribution is 7.92. The lowest BCUT2D eigenvalue weighted by molar-refractivity contribution is 0.102. The van der Waals surface area contributed by atoms with E-state index in [1.165, 1.54) is 4.57 Å². The van der Waals surface area contributed by atoms with E-state index in [-0.39, 0.29) is 34.2 Å². The van der Waals surface area contributed by atoms with Crippen LogP contribution in [0.4, 0.5) is 11.4 Å². The third-order valence-corrected chi connectivity index (χ3v) is 7.18. The first-order valence-electron chi connectivity index (χ1n) is 11.6. The average Bonchev–Trinajstić information content (AvgIpc) is 3.63. The summed E-state index contributed by atoms with van der Waals surface area (Å²) in [6, 6.07) is 6.44. The van der Waals surface area contributed by atoms with Gasteiger partial charge in [-0.25, -0.2) is 18.2 Å². The van der Waals surface area contributed by atoms with Gasteiger partial charge in [-0.05, 0) is 62.4 Å². The molecule has 0 saturated heterocycles. The van der Waals surface area contributed by atoms with Crippen molar-refractivity contribution in [2.24, 2.45) is 5.92 Å². The minimum absolute atomic E-state index is 0.0558. The number of hydrogen-bond donors (Lipinski definition) is 3. The SMILES string of the molecule is CCS(=O)(=O)Nc1ccc(NC(=O)c2cc(C3CC3)nc3c2c(=O)[nH]c(=O)n3CC(C)C)cc1C. The Morgan fingerprint density at radius 3 is 2.54 bits per heavy atom. The summed E-state index contributed by atoms with van der Waals surface area (Å²) in [7, 11) is -3.44. The molecule has 1 aliphatic carbocycles. The summed E-state index contributed by atoms with van der Waals surface area (Å²) < 4.78 is 27.7. The number of nitrogens with one attached hydrogen (secondary N) is 3. The van der Waals surface area contributed by atoms with Gasteiger partial charge in [0, 0.05) is 23.8 Å². The lowest BCUT2D eigenvalue weighted by atomic mass is 10.1. The minimum atomic E-state index is -3.44. The summed E-state index contributed by atoms with van der Waals surface area (Å²) in [4.78, 5) is 45.7. The van der Waals surface area contributed by atoms with Crippen LogP contribution in [0.1, 0.15) is 61.1 Å². The average molecular weight is 500 g/mol. The summed E-state index contributed by atoms with van der Waals surface area (Å²) in [5.41, 5.74) is 1.31. The normalized spacial score (nSPS) is 13.9. The smallest absolute Gasteiger partial charge is 0.322 e. The highest BCUT2D eigenvalue weighted by Crippen LogP contribution is 2.40. The lowest BCUT2D eigenvalue weighted by Crippen LogP contribution is -2.33. The van der Waals surface area contributed by atoms with Crippen molar-refractivity contribution < 1.29 is 13.2 Å². The first kappa shape index (κ1) is 24.6. The standard InChI is InChI=1S/C24H29N5O5S/c1-5-35(33,34)28-18-9-8-16(10-14(18)4)25-22(30)17-11-19(15-6-7-15)26-21-20(17)23(31)27-24(32)29(21)12-13(2)3/h8-11,13,15,28H,5-7,12H2,1-4H3,(H,25,30)(H,27,31,32). The molecule has 3 aromatic rings. The molecule has 0 spiro atoms. The first-order valence-corrected chi connectivity index (χ1v) is 13.2. The molecule has 2 aromatic heterocycles. The Morgan fingerprint density at radius 2 is 1.94 bits per heavy atom. The summed E-state index contributed by atoms with van der Waals surface area (Å²) in [5.74, 6) is -0.251. The van der Waals surface area contributed by atoms with Gasteiger partial charge in [-0.3, -0.25) is 23.9 Å². The summed E-state index contributed by atoms with van der Waals surface area (Å²) in [6.07, 6.45) is 1.87. The zero-order chi connectivity index (χ0) is 25.5. The van der Waals surface area contributed by atoms with Crippen molar-refractivity contribution in [3.05, 3.63) is 61.9 Å². The lowest BCUT2D eigenvalue weighted by Gasteiger charge is -2.15. The first-order chi connectivity index (χ1) is 16.5. The Kier molecular flexibility index (Phi) is 6.54. The van der Waals surface area contributed by atoms with Crippen LogP contribution in [0.15, 0.2) is 33.9 Å². The summed E-state index contributed by atoms with van der Waals surface area (Å²) in [6.45, 7) is 7.53. The molecule has 11 heteroatoms. The maximum absolute atomic E-state index is 13.4. The summed E-state index contributed by atoms with van der Waals surface area (Å²) >= 11 is 0. The van der Waals surface area contributed by atoms with E-state index < -0.39 is 27.2 Å². The van der Waals surface area contributed by atoms with Gasteiger partial charge < -0.3 is 5.32 Å². The van der Waals surface area contributed by atoms with E-state index in [9.17, 15) is 22.8 Å². The summed E-state index contributed by atoms with van der Waals surface area (Å²) in [5, 5.41) is 2.87. The van der Waals surface area contributed by atoms with Crippen LogP contribution in [0.25, 0.3) is 11.0 Å². The molecule has 1 amide bonds. The number of nitrogens with zero attached hydrogens (tertiary/aromatic N) is 2. The van der Waals surface area contributed by atoms with Gasteiger partial charge in [-0.1, -0.05) is 13.8 Å². The Labute approximate surface area is 202 Å². The van der Waals surface area contributed by atoms with Crippen molar-refractivity contribution in [3.63, 3.8) is 0 Å². The second-order valence-corrected chi connectivity index (χ2v) is 11.3. The number of benzene rings is 1.